The molecule has 1 aliphatic rings. The largest absolute Gasteiger partial charge is 0.102 e. The Balaban J connectivity index is 1.88. The molecule has 0 amide bonds. The van der Waals surface area contributed by atoms with E-state index in [0.717, 1.165) is 0 Å². The predicted molar refractivity (Wildman–Crippen MR) is 96.7 cm³/mol. The summed E-state index contributed by atoms with van der Waals surface area (Å²) in [7, 11) is 0. The van der Waals surface area contributed by atoms with Gasteiger partial charge in [0.25, 0.3) is 0 Å². The molecule has 0 fully saturated rings. The first kappa shape index (κ1) is 13.5. The average Bonchev–Trinajstić information content (AvgIpc) is 3.24. The van der Waals surface area contributed by atoms with Gasteiger partial charge < -0.3 is 0 Å². The molecule has 0 aliphatic heterocycles. The Labute approximate surface area is 139 Å². The summed E-state index contributed by atoms with van der Waals surface area (Å²) in [6, 6.07) is 31.9. The summed E-state index contributed by atoms with van der Waals surface area (Å²) in [5.41, 5.74) is 6.58. The smallest absolute Gasteiger partial charge is 0.0695 e. The van der Waals surface area contributed by atoms with Crippen LogP contribution in [0.3, 0.4) is 0 Å². The van der Waals surface area contributed by atoms with Crippen molar-refractivity contribution in [1.29, 1.82) is 0 Å². The van der Waals surface area contributed by atoms with Gasteiger partial charge in [0.1, 0.15) is 4.32 Å². The second kappa shape index (κ2) is 5.26. The highest BCUT2D eigenvalue weighted by molar-refractivity contribution is 9.10. The Morgan fingerprint density at radius 2 is 0.864 bits per heavy atom. The van der Waals surface area contributed by atoms with Crippen LogP contribution in [-0.2, 0) is 4.32 Å². The Morgan fingerprint density at radius 3 is 1.27 bits per heavy atom. The quantitative estimate of drug-likeness (QED) is 0.517. The lowest BCUT2D eigenvalue weighted by Crippen LogP contribution is -2.03. The maximum absolute atomic E-state index is 4.03. The molecule has 1 heteroatoms. The molecule has 0 radical (unpaired) electrons. The van der Waals surface area contributed by atoms with E-state index in [1.807, 2.05) is 0 Å². The molecule has 4 rings (SSSR count). The van der Waals surface area contributed by atoms with Crippen molar-refractivity contribution in [3.8, 4) is 0 Å². The van der Waals surface area contributed by atoms with Crippen molar-refractivity contribution in [3.05, 3.63) is 108 Å². The third kappa shape index (κ3) is 2.05. The van der Waals surface area contributed by atoms with Crippen LogP contribution in [0.5, 0.6) is 0 Å². The fraction of sp³-hybridized carbons (Fsp3) is 0.0476. The van der Waals surface area contributed by atoms with E-state index < -0.39 is 0 Å². The van der Waals surface area contributed by atoms with E-state index in [2.05, 4.69) is 107 Å². The molecule has 0 spiro atoms. The summed E-state index contributed by atoms with van der Waals surface area (Å²) >= 11 is 4.03. The summed E-state index contributed by atoms with van der Waals surface area (Å²) in [4.78, 5) is 0. The van der Waals surface area contributed by atoms with Crippen LogP contribution >= 0.6 is 15.9 Å². The molecule has 0 heterocycles. The third-order valence-electron chi connectivity index (χ3n) is 4.17. The number of rotatable bonds is 3. The van der Waals surface area contributed by atoms with E-state index in [4.69, 9.17) is 0 Å². The fourth-order valence-corrected chi connectivity index (χ4v) is 4.13. The van der Waals surface area contributed by atoms with Crippen molar-refractivity contribution in [2.24, 2.45) is 0 Å². The zero-order valence-corrected chi connectivity index (χ0v) is 13.6. The van der Waals surface area contributed by atoms with Crippen molar-refractivity contribution < 1.29 is 0 Å². The first-order chi connectivity index (χ1) is 10.8. The van der Waals surface area contributed by atoms with Crippen molar-refractivity contribution in [3.63, 3.8) is 0 Å². The highest BCUT2D eigenvalue weighted by atomic mass is 79.9. The maximum atomic E-state index is 4.03. The number of hydrogen-bond acceptors (Lipinski definition) is 0. The topological polar surface area (TPSA) is 0 Å². The molecule has 0 nitrogen and oxygen atoms in total. The Kier molecular flexibility index (Phi) is 3.24. The summed E-state index contributed by atoms with van der Waals surface area (Å²) < 4.78 is -0.170. The van der Waals surface area contributed by atoms with Crippen LogP contribution in [0.2, 0.25) is 0 Å². The summed E-state index contributed by atoms with van der Waals surface area (Å²) in [5.74, 6) is 0. The molecule has 22 heavy (non-hydrogen) atoms. The second-order valence-electron chi connectivity index (χ2n) is 5.51. The minimum absolute atomic E-state index is 0.170. The molecule has 0 atom stereocenters. The van der Waals surface area contributed by atoms with Crippen LogP contribution < -0.4 is 0 Å². The van der Waals surface area contributed by atoms with E-state index in [1.54, 1.807) is 0 Å². The van der Waals surface area contributed by atoms with Crippen LogP contribution in [0.1, 0.15) is 16.7 Å². The summed E-state index contributed by atoms with van der Waals surface area (Å²) in [5, 5.41) is 0. The van der Waals surface area contributed by atoms with Crippen LogP contribution in [0.15, 0.2) is 91.0 Å². The van der Waals surface area contributed by atoms with Gasteiger partial charge in [-0.1, -0.05) is 107 Å². The Bertz CT molecular complexity index is 768. The number of halogens is 1. The van der Waals surface area contributed by atoms with E-state index in [9.17, 15) is 0 Å². The lowest BCUT2D eigenvalue weighted by atomic mass is 10.0. The summed E-state index contributed by atoms with van der Waals surface area (Å²) in [6.45, 7) is 0. The molecule has 0 aromatic heterocycles. The van der Waals surface area contributed by atoms with Crippen molar-refractivity contribution in [2.45, 2.75) is 4.32 Å². The maximum Gasteiger partial charge on any atom is 0.102 e. The first-order valence-electron chi connectivity index (χ1n) is 7.42. The van der Waals surface area contributed by atoms with Crippen molar-refractivity contribution in [2.75, 3.05) is 0 Å². The van der Waals surface area contributed by atoms with E-state index in [0.29, 0.717) is 0 Å². The van der Waals surface area contributed by atoms with Crippen LogP contribution in [0.25, 0.3) is 11.1 Å². The molecule has 3 aromatic carbocycles. The molecule has 0 N–H and O–H groups in total. The Morgan fingerprint density at radius 1 is 0.500 bits per heavy atom. The van der Waals surface area contributed by atoms with Gasteiger partial charge in [-0.15, -0.1) is 0 Å². The van der Waals surface area contributed by atoms with Crippen molar-refractivity contribution in [1.82, 2.24) is 0 Å². The molecular weight excluding hydrogens is 332 g/mol. The highest BCUT2D eigenvalue weighted by Gasteiger charge is 2.53. The zero-order chi connectivity index (χ0) is 15.0. The van der Waals surface area contributed by atoms with Gasteiger partial charge in [0, 0.05) is 0 Å². The first-order valence-corrected chi connectivity index (χ1v) is 8.21. The molecular formula is C21H15Br. The van der Waals surface area contributed by atoms with Gasteiger partial charge in [-0.3, -0.25) is 0 Å². The Hall–Kier alpha value is -2.12. The minimum Gasteiger partial charge on any atom is -0.0695 e. The van der Waals surface area contributed by atoms with Crippen LogP contribution in [0, 0.1) is 0 Å². The molecule has 0 unspecified atom stereocenters. The molecule has 1 aliphatic carbocycles. The van der Waals surface area contributed by atoms with E-state index in [-0.39, 0.29) is 4.32 Å². The average molecular weight is 347 g/mol. The van der Waals surface area contributed by atoms with Gasteiger partial charge in [0.05, 0.1) is 0 Å². The highest BCUT2D eigenvalue weighted by Crippen LogP contribution is 2.68. The standard InChI is InChI=1S/C21H15Br/c22-21(18-14-8-3-9-15-18)19(16-10-4-1-5-11-16)20(21)17-12-6-2-7-13-17/h1-15H. The number of alkyl halides is 1. The van der Waals surface area contributed by atoms with Gasteiger partial charge in [0.2, 0.25) is 0 Å². The fourth-order valence-electron chi connectivity index (χ4n) is 3.11. The lowest BCUT2D eigenvalue weighted by molar-refractivity contribution is 1.18. The van der Waals surface area contributed by atoms with E-state index in [1.165, 1.54) is 27.8 Å². The van der Waals surface area contributed by atoms with Crippen LogP contribution in [-0.4, -0.2) is 0 Å². The van der Waals surface area contributed by atoms with E-state index >= 15 is 0 Å². The van der Waals surface area contributed by atoms with Gasteiger partial charge in [-0.05, 0) is 27.8 Å². The SMILES string of the molecule is BrC1(c2ccccc2)C(c2ccccc2)=C1c1ccccc1. The minimum atomic E-state index is -0.170. The second-order valence-corrected chi connectivity index (χ2v) is 6.70. The van der Waals surface area contributed by atoms with Crippen LogP contribution in [0.4, 0.5) is 0 Å². The molecule has 0 bridgehead atoms. The van der Waals surface area contributed by atoms with Gasteiger partial charge in [-0.25, -0.2) is 0 Å². The lowest BCUT2D eigenvalue weighted by Gasteiger charge is -2.13. The number of hydrogen-bond donors (Lipinski definition) is 0. The molecule has 0 saturated heterocycles. The number of allylic oxidation sites excluding steroid dienone is 2. The van der Waals surface area contributed by atoms with Gasteiger partial charge in [0.15, 0.2) is 0 Å². The monoisotopic (exact) mass is 346 g/mol. The predicted octanol–water partition coefficient (Wildman–Crippen LogP) is 5.90. The van der Waals surface area contributed by atoms with Crippen molar-refractivity contribution >= 4 is 27.1 Å². The summed E-state index contributed by atoms with van der Waals surface area (Å²) in [6.07, 6.45) is 0. The molecule has 106 valence electrons. The molecule has 0 saturated carbocycles. The zero-order valence-electron chi connectivity index (χ0n) is 12.0. The third-order valence-corrected chi connectivity index (χ3v) is 5.42. The van der Waals surface area contributed by atoms with Gasteiger partial charge in [-0.2, -0.15) is 0 Å². The normalized spacial score (nSPS) is 15.7. The number of benzene rings is 3. The molecule has 3 aromatic rings. The van der Waals surface area contributed by atoms with Gasteiger partial charge >= 0.3 is 0 Å².